The minimum atomic E-state index is -0.214. The molecule has 0 heterocycles. The minimum absolute atomic E-state index is 0.0806. The van der Waals surface area contributed by atoms with Crippen LogP contribution < -0.4 is 10.1 Å². The summed E-state index contributed by atoms with van der Waals surface area (Å²) in [6, 6.07) is 14.4. The van der Waals surface area contributed by atoms with Gasteiger partial charge in [0.1, 0.15) is 11.6 Å². The minimum Gasteiger partial charge on any atom is -0.497 e. The lowest BCUT2D eigenvalue weighted by molar-refractivity contribution is -0.121. The van der Waals surface area contributed by atoms with Gasteiger partial charge in [0.15, 0.2) is 0 Å². The third kappa shape index (κ3) is 6.41. The monoisotopic (exact) mass is 329 g/mol. The normalized spacial score (nSPS) is 10.4. The number of carbonyl (C=O) groups excluding carboxylic acids is 1. The van der Waals surface area contributed by atoms with Crippen molar-refractivity contribution in [2.45, 2.75) is 32.1 Å². The van der Waals surface area contributed by atoms with Gasteiger partial charge in [-0.25, -0.2) is 4.39 Å². The Labute approximate surface area is 142 Å². The van der Waals surface area contributed by atoms with Crippen LogP contribution in [-0.2, 0) is 17.6 Å². The van der Waals surface area contributed by atoms with Crippen LogP contribution in [0.3, 0.4) is 0 Å². The van der Waals surface area contributed by atoms with Crippen molar-refractivity contribution in [2.75, 3.05) is 13.7 Å². The number of hydrogen-bond acceptors (Lipinski definition) is 2. The second kappa shape index (κ2) is 9.71. The van der Waals surface area contributed by atoms with E-state index in [4.69, 9.17) is 4.74 Å². The van der Waals surface area contributed by atoms with Crippen molar-refractivity contribution in [1.29, 1.82) is 0 Å². The molecule has 0 spiro atoms. The first kappa shape index (κ1) is 18.0. The number of unbranched alkanes of at least 4 members (excludes halogenated alkanes) is 1. The fraction of sp³-hybridized carbons (Fsp3) is 0.350. The zero-order valence-corrected chi connectivity index (χ0v) is 14.1. The van der Waals surface area contributed by atoms with Crippen molar-refractivity contribution >= 4 is 5.91 Å². The molecule has 0 saturated heterocycles. The van der Waals surface area contributed by atoms with Gasteiger partial charge < -0.3 is 10.1 Å². The van der Waals surface area contributed by atoms with Crippen molar-refractivity contribution in [3.8, 4) is 5.75 Å². The number of amides is 1. The summed E-state index contributed by atoms with van der Waals surface area (Å²) in [5.74, 6) is 0.700. The van der Waals surface area contributed by atoms with Crippen molar-refractivity contribution < 1.29 is 13.9 Å². The molecular weight excluding hydrogens is 305 g/mol. The molecule has 0 saturated carbocycles. The fourth-order valence-corrected chi connectivity index (χ4v) is 2.53. The van der Waals surface area contributed by atoms with Gasteiger partial charge in [-0.2, -0.15) is 0 Å². The summed E-state index contributed by atoms with van der Waals surface area (Å²) < 4.78 is 18.0. The van der Waals surface area contributed by atoms with E-state index in [-0.39, 0.29) is 11.7 Å². The lowest BCUT2D eigenvalue weighted by atomic mass is 10.1. The van der Waals surface area contributed by atoms with Crippen molar-refractivity contribution in [1.82, 2.24) is 5.32 Å². The van der Waals surface area contributed by atoms with Crippen LogP contribution in [0.5, 0.6) is 5.75 Å². The Bertz CT molecular complexity index is 640. The number of halogens is 1. The van der Waals surface area contributed by atoms with Gasteiger partial charge >= 0.3 is 0 Å². The molecule has 2 aromatic rings. The molecule has 4 heteroatoms. The second-order valence-corrected chi connectivity index (χ2v) is 5.79. The Balaban J connectivity index is 1.58. The van der Waals surface area contributed by atoms with Gasteiger partial charge in [0.2, 0.25) is 5.91 Å². The maximum atomic E-state index is 12.8. The van der Waals surface area contributed by atoms with E-state index in [1.54, 1.807) is 19.2 Å². The SMILES string of the molecule is COc1cccc(CCNC(=O)CCCCc2ccc(F)cc2)c1. The number of nitrogens with one attached hydrogen (secondary N) is 1. The Morgan fingerprint density at radius 3 is 2.58 bits per heavy atom. The van der Waals surface area contributed by atoms with Crippen molar-refractivity contribution in [3.05, 3.63) is 65.5 Å². The second-order valence-electron chi connectivity index (χ2n) is 5.79. The highest BCUT2D eigenvalue weighted by molar-refractivity contribution is 5.75. The molecule has 1 amide bonds. The van der Waals surface area contributed by atoms with Crippen LogP contribution in [0.15, 0.2) is 48.5 Å². The topological polar surface area (TPSA) is 38.3 Å². The highest BCUT2D eigenvalue weighted by atomic mass is 19.1. The molecule has 0 atom stereocenters. The summed E-state index contributed by atoms with van der Waals surface area (Å²) in [6.07, 6.45) is 3.95. The van der Waals surface area contributed by atoms with Gasteiger partial charge in [0.25, 0.3) is 0 Å². The van der Waals surface area contributed by atoms with Crippen LogP contribution in [0.2, 0.25) is 0 Å². The zero-order chi connectivity index (χ0) is 17.2. The number of aryl methyl sites for hydroxylation is 1. The number of methoxy groups -OCH3 is 1. The van der Waals surface area contributed by atoms with E-state index in [9.17, 15) is 9.18 Å². The van der Waals surface area contributed by atoms with Crippen molar-refractivity contribution in [3.63, 3.8) is 0 Å². The van der Waals surface area contributed by atoms with E-state index in [0.717, 1.165) is 42.6 Å². The lowest BCUT2D eigenvalue weighted by Crippen LogP contribution is -2.25. The number of ether oxygens (including phenoxy) is 1. The van der Waals surface area contributed by atoms with E-state index >= 15 is 0 Å². The average molecular weight is 329 g/mol. The smallest absolute Gasteiger partial charge is 0.220 e. The molecular formula is C20H24FNO2. The molecule has 1 N–H and O–H groups in total. The molecule has 0 aliphatic heterocycles. The highest BCUT2D eigenvalue weighted by Gasteiger charge is 2.02. The Hall–Kier alpha value is -2.36. The van der Waals surface area contributed by atoms with E-state index in [1.165, 1.54) is 12.1 Å². The van der Waals surface area contributed by atoms with Crippen molar-refractivity contribution in [2.24, 2.45) is 0 Å². The summed E-state index contributed by atoms with van der Waals surface area (Å²) in [5, 5.41) is 2.95. The quantitative estimate of drug-likeness (QED) is 0.709. The van der Waals surface area contributed by atoms with Crippen LogP contribution in [-0.4, -0.2) is 19.6 Å². The van der Waals surface area contributed by atoms with Crippen LogP contribution in [0.4, 0.5) is 4.39 Å². The third-order valence-corrected chi connectivity index (χ3v) is 3.90. The number of hydrogen-bond donors (Lipinski definition) is 1. The van der Waals surface area contributed by atoms with Crippen LogP contribution in [0.25, 0.3) is 0 Å². The molecule has 0 bridgehead atoms. The zero-order valence-electron chi connectivity index (χ0n) is 14.1. The summed E-state index contributed by atoms with van der Waals surface area (Å²) in [5.41, 5.74) is 2.25. The molecule has 0 aliphatic rings. The Kier molecular flexibility index (Phi) is 7.27. The van der Waals surface area contributed by atoms with Crippen LogP contribution in [0, 0.1) is 5.82 Å². The Morgan fingerprint density at radius 2 is 1.83 bits per heavy atom. The molecule has 24 heavy (non-hydrogen) atoms. The third-order valence-electron chi connectivity index (χ3n) is 3.90. The average Bonchev–Trinajstić information content (AvgIpc) is 2.60. The first-order chi connectivity index (χ1) is 11.7. The van der Waals surface area contributed by atoms with Gasteiger partial charge in [-0.3, -0.25) is 4.79 Å². The van der Waals surface area contributed by atoms with E-state index in [1.807, 2.05) is 24.3 Å². The van der Waals surface area contributed by atoms with Crippen LogP contribution in [0.1, 0.15) is 30.4 Å². The van der Waals surface area contributed by atoms with Gasteiger partial charge in [0.05, 0.1) is 7.11 Å². The summed E-state index contributed by atoms with van der Waals surface area (Å²) >= 11 is 0. The summed E-state index contributed by atoms with van der Waals surface area (Å²) in [7, 11) is 1.65. The highest BCUT2D eigenvalue weighted by Crippen LogP contribution is 2.12. The maximum absolute atomic E-state index is 12.8. The first-order valence-electron chi connectivity index (χ1n) is 8.31. The maximum Gasteiger partial charge on any atom is 0.220 e. The molecule has 128 valence electrons. The lowest BCUT2D eigenvalue weighted by Gasteiger charge is -2.07. The fourth-order valence-electron chi connectivity index (χ4n) is 2.53. The number of carbonyl (C=O) groups is 1. The standard InChI is InChI=1S/C20H24FNO2/c1-24-19-7-4-6-17(15-19)13-14-22-20(23)8-3-2-5-16-9-11-18(21)12-10-16/h4,6-7,9-12,15H,2-3,5,8,13-14H2,1H3,(H,22,23). The van der Waals surface area contributed by atoms with Gasteiger partial charge in [-0.15, -0.1) is 0 Å². The largest absolute Gasteiger partial charge is 0.497 e. The van der Waals surface area contributed by atoms with E-state index in [0.29, 0.717) is 13.0 Å². The van der Waals surface area contributed by atoms with Gasteiger partial charge in [-0.1, -0.05) is 24.3 Å². The summed E-state index contributed by atoms with van der Waals surface area (Å²) in [6.45, 7) is 0.629. The van der Waals surface area contributed by atoms with E-state index < -0.39 is 0 Å². The number of rotatable bonds is 9. The molecule has 0 aromatic heterocycles. The molecule has 2 rings (SSSR count). The first-order valence-corrected chi connectivity index (χ1v) is 8.31. The molecule has 0 fully saturated rings. The van der Waals surface area contributed by atoms with E-state index in [2.05, 4.69) is 5.32 Å². The predicted molar refractivity (Wildman–Crippen MR) is 93.7 cm³/mol. The predicted octanol–water partition coefficient (Wildman–Crippen LogP) is 3.91. The molecule has 0 aliphatic carbocycles. The number of benzene rings is 2. The van der Waals surface area contributed by atoms with Gasteiger partial charge in [-0.05, 0) is 61.1 Å². The molecule has 0 radical (unpaired) electrons. The molecule has 0 unspecified atom stereocenters. The Morgan fingerprint density at radius 1 is 1.04 bits per heavy atom. The molecule has 3 nitrogen and oxygen atoms in total. The molecule has 2 aromatic carbocycles. The van der Waals surface area contributed by atoms with Gasteiger partial charge in [0, 0.05) is 13.0 Å². The summed E-state index contributed by atoms with van der Waals surface area (Å²) in [4.78, 5) is 11.8. The van der Waals surface area contributed by atoms with Crippen LogP contribution >= 0.6 is 0 Å².